The first-order valence-corrected chi connectivity index (χ1v) is 5.91. The minimum absolute atomic E-state index is 0.163. The van der Waals surface area contributed by atoms with E-state index in [2.05, 4.69) is 20.7 Å². The topological polar surface area (TPSA) is 46.5 Å². The monoisotopic (exact) mass is 356 g/mol. The average molecular weight is 357 g/mol. The fraction of sp³-hybridized carbons (Fsp3) is 0.250. The van der Waals surface area contributed by atoms with E-state index in [0.29, 0.717) is 6.08 Å². The summed E-state index contributed by atoms with van der Waals surface area (Å²) < 4.78 is 71.2. The van der Waals surface area contributed by atoms with Gasteiger partial charge in [0.2, 0.25) is 6.10 Å². The number of hydrogen-bond acceptors (Lipinski definition) is 2. The van der Waals surface area contributed by atoms with Gasteiger partial charge in [-0.15, -0.1) is 0 Å². The second kappa shape index (κ2) is 5.08. The number of ether oxygens (including phenoxy) is 1. The lowest BCUT2D eigenvalue weighted by molar-refractivity contribution is -0.187. The summed E-state index contributed by atoms with van der Waals surface area (Å²) in [5.74, 6) is -2.51. The molecule has 1 aliphatic heterocycles. The maximum atomic E-state index is 13.6. The van der Waals surface area contributed by atoms with Crippen LogP contribution in [0.5, 0.6) is 5.75 Å². The normalized spacial score (nSPS) is 20.2. The van der Waals surface area contributed by atoms with Crippen LogP contribution in [0.1, 0.15) is 13.9 Å². The molecule has 0 aromatic heterocycles. The van der Waals surface area contributed by atoms with Gasteiger partial charge in [0.05, 0.1) is 8.31 Å². The number of benzene rings is 1. The molecule has 1 aromatic carbocycles. The summed E-state index contributed by atoms with van der Waals surface area (Å²) in [4.78, 5) is 11.0. The summed E-state index contributed by atoms with van der Waals surface area (Å²) >= 11 is 2.96. The lowest BCUT2D eigenvalue weighted by atomic mass is 9.99. The Bertz CT molecular complexity index is 668. The first-order chi connectivity index (χ1) is 9.91. The van der Waals surface area contributed by atoms with Gasteiger partial charge in [-0.05, 0) is 18.2 Å². The first kappa shape index (κ1) is 12.2. The molecule has 108 valence electrons. The van der Waals surface area contributed by atoms with Gasteiger partial charge in [-0.2, -0.15) is 13.2 Å². The maximum absolute atomic E-state index is 13.6. The van der Waals surface area contributed by atoms with Crippen molar-refractivity contribution in [3.8, 4) is 5.75 Å². The maximum Gasteiger partial charge on any atom is 0.430 e. The highest BCUT2D eigenvalue weighted by Gasteiger charge is 2.48. The highest BCUT2D eigenvalue weighted by molar-refractivity contribution is 9.10. The molecule has 0 spiro atoms. The van der Waals surface area contributed by atoms with E-state index in [0.717, 1.165) is 6.07 Å². The van der Waals surface area contributed by atoms with E-state index in [1.54, 1.807) is 0 Å². The molecule has 0 fully saturated rings. The summed E-state index contributed by atoms with van der Waals surface area (Å²) in [6.07, 6.45) is -7.16. The van der Waals surface area contributed by atoms with Crippen LogP contribution in [0.3, 0.4) is 0 Å². The van der Waals surface area contributed by atoms with E-state index in [-0.39, 0.29) is 10.0 Å². The second-order valence-corrected chi connectivity index (χ2v) is 4.83. The van der Waals surface area contributed by atoms with Crippen molar-refractivity contribution < 1.29 is 34.9 Å². The van der Waals surface area contributed by atoms with Crippen LogP contribution < -0.4 is 4.74 Å². The molecule has 8 heteroatoms. The zero-order valence-electron chi connectivity index (χ0n) is 11.5. The Morgan fingerprint density at radius 3 is 2.65 bits per heavy atom. The molecule has 20 heavy (non-hydrogen) atoms. The van der Waals surface area contributed by atoms with Gasteiger partial charge in [0.25, 0.3) is 0 Å². The summed E-state index contributed by atoms with van der Waals surface area (Å²) in [6, 6.07) is 2.14. The Morgan fingerprint density at radius 2 is 2.15 bits per heavy atom. The van der Waals surface area contributed by atoms with E-state index in [1.807, 2.05) is 0 Å². The van der Waals surface area contributed by atoms with Gasteiger partial charge in [0.1, 0.15) is 12.4 Å². The minimum atomic E-state index is -5.05. The van der Waals surface area contributed by atoms with Crippen molar-refractivity contribution >= 4 is 28.0 Å². The predicted molar refractivity (Wildman–Crippen MR) is 65.0 cm³/mol. The molecule has 0 radical (unpaired) electrons. The Labute approximate surface area is 121 Å². The summed E-state index contributed by atoms with van der Waals surface area (Å²) in [5.41, 5.74) is -1.99. The summed E-state index contributed by atoms with van der Waals surface area (Å²) in [7, 11) is 0. The van der Waals surface area contributed by atoms with Crippen molar-refractivity contribution in [1.29, 1.82) is 0 Å². The molecule has 2 rings (SSSR count). The number of aliphatic carboxylic acids is 1. The van der Waals surface area contributed by atoms with Crippen LogP contribution in [0.2, 0.25) is 0 Å². The van der Waals surface area contributed by atoms with Gasteiger partial charge >= 0.3 is 12.1 Å². The molecular weight excluding hydrogens is 348 g/mol. The second-order valence-electron chi connectivity index (χ2n) is 3.91. The highest BCUT2D eigenvalue weighted by atomic mass is 79.9. The summed E-state index contributed by atoms with van der Waals surface area (Å²) in [6.45, 7) is -3.46. The van der Waals surface area contributed by atoms with Crippen molar-refractivity contribution in [1.82, 2.24) is 0 Å². The van der Waals surface area contributed by atoms with Crippen molar-refractivity contribution in [2.75, 3.05) is 0 Å². The number of hydrogen-bond donors (Lipinski definition) is 1. The number of carbonyl (C=O) groups is 1. The zero-order chi connectivity index (χ0) is 16.9. The molecule has 1 heterocycles. The SMILES string of the molecule is [2H]C([2H])(F)c1cc(Br)cc2c1O[C@H](C(F)(F)F)C(C(=O)O)=C2. The van der Waals surface area contributed by atoms with Crippen LogP contribution in [-0.2, 0) is 11.4 Å². The molecule has 1 aliphatic rings. The molecule has 0 unspecified atom stereocenters. The molecule has 0 bridgehead atoms. The Hall–Kier alpha value is -1.57. The molecule has 1 N–H and O–H groups in total. The standard InChI is InChI=1S/C12H7BrF4O3/c13-7-1-5-3-8(11(18)19)10(12(15,16)17)20-9(5)6(2-7)4-14/h1-3,10H,4H2,(H,18,19)/t10-/m0/s1/i4D2. The zero-order valence-corrected chi connectivity index (χ0v) is 11.0. The van der Waals surface area contributed by atoms with Crippen LogP contribution >= 0.6 is 15.9 Å². The van der Waals surface area contributed by atoms with Crippen LogP contribution in [0.25, 0.3) is 6.08 Å². The number of carboxylic acids is 1. The number of halogens is 5. The Balaban J connectivity index is 2.71. The third-order valence-corrected chi connectivity index (χ3v) is 3.02. The number of fused-ring (bicyclic) bond motifs is 1. The van der Waals surface area contributed by atoms with Crippen molar-refractivity contribution in [2.24, 2.45) is 0 Å². The fourth-order valence-electron chi connectivity index (χ4n) is 1.77. The molecule has 0 amide bonds. The van der Waals surface area contributed by atoms with Gasteiger partial charge in [0.15, 0.2) is 0 Å². The number of alkyl halides is 4. The van der Waals surface area contributed by atoms with Crippen molar-refractivity contribution in [3.63, 3.8) is 0 Å². The van der Waals surface area contributed by atoms with Gasteiger partial charge in [-0.25, -0.2) is 9.18 Å². The number of rotatable bonds is 2. The third-order valence-electron chi connectivity index (χ3n) is 2.56. The highest BCUT2D eigenvalue weighted by Crippen LogP contribution is 2.40. The largest absolute Gasteiger partial charge is 0.478 e. The molecule has 1 aromatic rings. The van der Waals surface area contributed by atoms with Gasteiger partial charge in [-0.1, -0.05) is 15.9 Å². The molecule has 1 atom stereocenters. The predicted octanol–water partition coefficient (Wildman–Crippen LogP) is 3.71. The van der Waals surface area contributed by atoms with E-state index in [1.165, 1.54) is 6.07 Å². The number of carboxylic acid groups (broad SMARTS) is 1. The first-order valence-electron chi connectivity index (χ1n) is 6.12. The van der Waals surface area contributed by atoms with Gasteiger partial charge < -0.3 is 9.84 Å². The molecule has 3 nitrogen and oxygen atoms in total. The van der Waals surface area contributed by atoms with E-state index < -0.39 is 41.8 Å². The smallest absolute Gasteiger partial charge is 0.430 e. The van der Waals surface area contributed by atoms with E-state index in [9.17, 15) is 22.4 Å². The van der Waals surface area contributed by atoms with Crippen LogP contribution in [-0.4, -0.2) is 23.4 Å². The third kappa shape index (κ3) is 2.65. The quantitative estimate of drug-likeness (QED) is 0.821. The fourth-order valence-corrected chi connectivity index (χ4v) is 2.24. The van der Waals surface area contributed by atoms with Crippen LogP contribution in [0.4, 0.5) is 17.6 Å². The van der Waals surface area contributed by atoms with Crippen molar-refractivity contribution in [3.05, 3.63) is 33.3 Å². The summed E-state index contributed by atoms with van der Waals surface area (Å²) in [5, 5.41) is 8.89. The molecule has 0 saturated carbocycles. The molecular formula is C12H7BrF4O3. The van der Waals surface area contributed by atoms with Crippen LogP contribution in [0, 0.1) is 0 Å². The van der Waals surface area contributed by atoms with E-state index >= 15 is 0 Å². The average Bonchev–Trinajstić information content (AvgIpc) is 2.33. The van der Waals surface area contributed by atoms with Gasteiger partial charge in [-0.3, -0.25) is 0 Å². The molecule has 0 aliphatic carbocycles. The Morgan fingerprint density at radius 1 is 1.50 bits per heavy atom. The Kier molecular flexibility index (Phi) is 3.10. The van der Waals surface area contributed by atoms with Gasteiger partial charge in [0, 0.05) is 15.6 Å². The minimum Gasteiger partial charge on any atom is -0.478 e. The van der Waals surface area contributed by atoms with Crippen molar-refractivity contribution in [2.45, 2.75) is 18.9 Å². The van der Waals surface area contributed by atoms with E-state index in [4.69, 9.17) is 7.85 Å². The molecule has 0 saturated heterocycles. The lowest BCUT2D eigenvalue weighted by Crippen LogP contribution is -2.40. The lowest BCUT2D eigenvalue weighted by Gasteiger charge is -2.28. The van der Waals surface area contributed by atoms with Crippen LogP contribution in [0.15, 0.2) is 22.2 Å².